The molecule has 12 heteroatoms. The number of carbonyl (C=O) groups excluding carboxylic acids is 3. The molecule has 2 rings (SSSR count). The predicted molar refractivity (Wildman–Crippen MR) is 91.4 cm³/mol. The van der Waals surface area contributed by atoms with Crippen LogP contribution in [-0.2, 0) is 4.79 Å². The van der Waals surface area contributed by atoms with E-state index >= 15 is 0 Å². The molecule has 4 amide bonds. The summed E-state index contributed by atoms with van der Waals surface area (Å²) in [5.74, 6) is -0.857. The number of alkyl halides is 3. The molecule has 1 aromatic heterocycles. The molecule has 0 spiro atoms. The number of nitrogens with one attached hydrogen (secondary N) is 3. The molecule has 1 saturated heterocycles. The Kier molecular flexibility index (Phi) is 7.13. The van der Waals surface area contributed by atoms with E-state index in [1.807, 2.05) is 5.32 Å². The van der Waals surface area contributed by atoms with E-state index in [0.29, 0.717) is 36.5 Å². The third kappa shape index (κ3) is 7.13. The van der Waals surface area contributed by atoms with Crippen LogP contribution in [-0.4, -0.2) is 66.1 Å². The summed E-state index contributed by atoms with van der Waals surface area (Å²) in [6.07, 6.45) is -3.29. The molecule has 0 atom stereocenters. The van der Waals surface area contributed by atoms with Gasteiger partial charge in [0.05, 0.1) is 17.7 Å². The van der Waals surface area contributed by atoms with Gasteiger partial charge in [0.1, 0.15) is 11.4 Å². The minimum Gasteiger partial charge on any atom is -0.348 e. The number of hydrogen-bond acceptors (Lipinski definition) is 6. The van der Waals surface area contributed by atoms with Gasteiger partial charge in [-0.2, -0.15) is 13.2 Å². The fourth-order valence-electron chi connectivity index (χ4n) is 2.60. The van der Waals surface area contributed by atoms with Gasteiger partial charge in [0.15, 0.2) is 0 Å². The van der Waals surface area contributed by atoms with Crippen LogP contribution in [0, 0.1) is 6.92 Å². The second-order valence-corrected chi connectivity index (χ2v) is 6.99. The number of urea groups is 1. The van der Waals surface area contributed by atoms with Gasteiger partial charge in [-0.05, 0) is 19.8 Å². The van der Waals surface area contributed by atoms with E-state index < -0.39 is 24.7 Å². The maximum absolute atomic E-state index is 12.2. The first-order valence-corrected chi connectivity index (χ1v) is 9.10. The molecule has 2 heterocycles. The summed E-state index contributed by atoms with van der Waals surface area (Å²) in [5, 5.41) is 6.37. The molecule has 0 aromatic carbocycles. The molecule has 1 aliphatic rings. The van der Waals surface area contributed by atoms with Gasteiger partial charge in [-0.1, -0.05) is 0 Å². The summed E-state index contributed by atoms with van der Waals surface area (Å²) in [4.78, 5) is 41.5. The molecule has 0 radical (unpaired) electrons. The first kappa shape index (κ1) is 21.1. The highest BCUT2D eigenvalue weighted by Crippen LogP contribution is 2.15. The number of imide groups is 1. The van der Waals surface area contributed by atoms with E-state index in [1.165, 1.54) is 11.3 Å². The highest BCUT2D eigenvalue weighted by molar-refractivity contribution is 7.11. The lowest BCUT2D eigenvalue weighted by Crippen LogP contribution is -2.50. The van der Waals surface area contributed by atoms with Crippen LogP contribution in [0.1, 0.15) is 28.2 Å². The molecule has 0 aliphatic carbocycles. The smallest absolute Gasteiger partial charge is 0.348 e. The van der Waals surface area contributed by atoms with Gasteiger partial charge in [-0.3, -0.25) is 19.8 Å². The van der Waals surface area contributed by atoms with E-state index in [1.54, 1.807) is 22.7 Å². The zero-order chi connectivity index (χ0) is 20.0. The zero-order valence-corrected chi connectivity index (χ0v) is 15.4. The van der Waals surface area contributed by atoms with Crippen molar-refractivity contribution in [3.63, 3.8) is 0 Å². The van der Waals surface area contributed by atoms with Crippen LogP contribution >= 0.6 is 11.3 Å². The average molecular weight is 407 g/mol. The van der Waals surface area contributed by atoms with Gasteiger partial charge < -0.3 is 10.6 Å². The monoisotopic (exact) mass is 407 g/mol. The summed E-state index contributed by atoms with van der Waals surface area (Å²) in [6, 6.07) is -1.22. The Bertz CT molecular complexity index is 686. The number of nitrogens with zero attached hydrogens (tertiary/aromatic N) is 2. The van der Waals surface area contributed by atoms with Crippen molar-refractivity contribution in [3.05, 3.63) is 16.1 Å². The molecular weight excluding hydrogens is 387 g/mol. The third-order valence-electron chi connectivity index (χ3n) is 3.94. The van der Waals surface area contributed by atoms with Gasteiger partial charge in [0.2, 0.25) is 5.91 Å². The highest BCUT2D eigenvalue weighted by atomic mass is 32.1. The van der Waals surface area contributed by atoms with E-state index in [-0.39, 0.29) is 18.5 Å². The fourth-order valence-corrected chi connectivity index (χ4v) is 3.31. The van der Waals surface area contributed by atoms with Gasteiger partial charge in [0, 0.05) is 19.1 Å². The second kappa shape index (κ2) is 9.13. The SMILES string of the molecule is Cc1ncsc1C(=O)NC1CCN(CC(=O)NC(=O)NCC(F)(F)F)CC1. The number of amides is 4. The highest BCUT2D eigenvalue weighted by Gasteiger charge is 2.28. The van der Waals surface area contributed by atoms with E-state index in [4.69, 9.17) is 0 Å². The summed E-state index contributed by atoms with van der Waals surface area (Å²) < 4.78 is 36.0. The Morgan fingerprint density at radius 2 is 1.96 bits per heavy atom. The van der Waals surface area contributed by atoms with E-state index in [0.717, 1.165) is 0 Å². The minimum atomic E-state index is -4.54. The molecule has 0 bridgehead atoms. The quantitative estimate of drug-likeness (QED) is 0.677. The molecule has 1 aliphatic heterocycles. The average Bonchev–Trinajstić information content (AvgIpc) is 3.00. The van der Waals surface area contributed by atoms with Gasteiger partial charge in [-0.25, -0.2) is 9.78 Å². The number of halogens is 3. The molecular formula is C15H20F3N5O3S. The molecule has 27 heavy (non-hydrogen) atoms. The third-order valence-corrected chi connectivity index (χ3v) is 4.87. The van der Waals surface area contributed by atoms with Crippen molar-refractivity contribution in [2.45, 2.75) is 32.0 Å². The Morgan fingerprint density at radius 1 is 1.30 bits per heavy atom. The lowest BCUT2D eigenvalue weighted by atomic mass is 10.0. The largest absolute Gasteiger partial charge is 0.405 e. The maximum Gasteiger partial charge on any atom is 0.405 e. The Hall–Kier alpha value is -2.21. The van der Waals surface area contributed by atoms with Gasteiger partial charge >= 0.3 is 12.2 Å². The molecule has 1 fully saturated rings. The van der Waals surface area contributed by atoms with Gasteiger partial charge in [0.25, 0.3) is 5.91 Å². The van der Waals surface area contributed by atoms with Crippen LogP contribution < -0.4 is 16.0 Å². The van der Waals surface area contributed by atoms with Crippen molar-refractivity contribution in [1.29, 1.82) is 0 Å². The second-order valence-electron chi connectivity index (χ2n) is 6.14. The number of piperidine rings is 1. The fraction of sp³-hybridized carbons (Fsp3) is 0.600. The molecule has 0 unspecified atom stereocenters. The van der Waals surface area contributed by atoms with Crippen LogP contribution in [0.25, 0.3) is 0 Å². The van der Waals surface area contributed by atoms with Crippen molar-refractivity contribution in [3.8, 4) is 0 Å². The summed E-state index contributed by atoms with van der Waals surface area (Å²) in [5.41, 5.74) is 2.28. The van der Waals surface area contributed by atoms with Crippen molar-refractivity contribution in [2.24, 2.45) is 0 Å². The number of aryl methyl sites for hydroxylation is 1. The first-order chi connectivity index (χ1) is 12.6. The lowest BCUT2D eigenvalue weighted by molar-refractivity contribution is -0.125. The van der Waals surface area contributed by atoms with Crippen LogP contribution in [0.4, 0.5) is 18.0 Å². The molecule has 0 saturated carbocycles. The maximum atomic E-state index is 12.2. The number of thiazole rings is 1. The topological polar surface area (TPSA) is 103 Å². The van der Waals surface area contributed by atoms with Crippen molar-refractivity contribution in [1.82, 2.24) is 25.8 Å². The zero-order valence-electron chi connectivity index (χ0n) is 14.6. The molecule has 3 N–H and O–H groups in total. The van der Waals surface area contributed by atoms with Crippen LogP contribution in [0.15, 0.2) is 5.51 Å². The number of hydrogen-bond donors (Lipinski definition) is 3. The van der Waals surface area contributed by atoms with Gasteiger partial charge in [-0.15, -0.1) is 11.3 Å². The summed E-state index contributed by atoms with van der Waals surface area (Å²) >= 11 is 1.27. The standard InChI is InChI=1S/C15H20F3N5O3S/c1-9-12(27-8-20-9)13(25)21-10-2-4-23(5-3-10)6-11(24)22-14(26)19-7-15(16,17)18/h8,10H,2-7H2,1H3,(H,21,25)(H2,19,22,24,26). The summed E-state index contributed by atoms with van der Waals surface area (Å²) in [7, 11) is 0. The number of carbonyl (C=O) groups is 3. The van der Waals surface area contributed by atoms with Crippen LogP contribution in [0.3, 0.4) is 0 Å². The normalized spacial score (nSPS) is 16.0. The lowest BCUT2D eigenvalue weighted by Gasteiger charge is -2.31. The van der Waals surface area contributed by atoms with Crippen molar-refractivity contribution in [2.75, 3.05) is 26.2 Å². The minimum absolute atomic E-state index is 0.0339. The first-order valence-electron chi connectivity index (χ1n) is 8.22. The van der Waals surface area contributed by atoms with Crippen LogP contribution in [0.2, 0.25) is 0 Å². The van der Waals surface area contributed by atoms with Crippen molar-refractivity contribution >= 4 is 29.2 Å². The van der Waals surface area contributed by atoms with E-state index in [9.17, 15) is 27.6 Å². The number of likely N-dealkylation sites (tertiary alicyclic amines) is 1. The molecule has 1 aromatic rings. The Labute approximate surface area is 157 Å². The van der Waals surface area contributed by atoms with E-state index in [2.05, 4.69) is 10.3 Å². The Morgan fingerprint density at radius 3 is 2.52 bits per heavy atom. The summed E-state index contributed by atoms with van der Waals surface area (Å²) in [6.45, 7) is 1.19. The predicted octanol–water partition coefficient (Wildman–Crippen LogP) is 1.03. The number of rotatable bonds is 5. The molecule has 150 valence electrons. The molecule has 8 nitrogen and oxygen atoms in total. The van der Waals surface area contributed by atoms with Crippen molar-refractivity contribution < 1.29 is 27.6 Å². The van der Waals surface area contributed by atoms with Crippen LogP contribution in [0.5, 0.6) is 0 Å². The Balaban J connectivity index is 1.68. The number of aromatic nitrogens is 1.